The van der Waals surface area contributed by atoms with E-state index in [-0.39, 0.29) is 29.2 Å². The summed E-state index contributed by atoms with van der Waals surface area (Å²) >= 11 is 0. The van der Waals surface area contributed by atoms with Gasteiger partial charge in [-0.15, -0.1) is 0 Å². The van der Waals surface area contributed by atoms with Gasteiger partial charge in [-0.25, -0.2) is 9.67 Å². The van der Waals surface area contributed by atoms with Gasteiger partial charge in [0.1, 0.15) is 5.82 Å². The first-order valence-corrected chi connectivity index (χ1v) is 10.6. The number of hydrogen-bond donors (Lipinski definition) is 1. The first-order chi connectivity index (χ1) is 16.1. The van der Waals surface area contributed by atoms with Gasteiger partial charge in [-0.05, 0) is 51.1 Å². The monoisotopic (exact) mass is 469 g/mol. The molecule has 10 heteroatoms. The molecule has 0 fully saturated rings. The Labute approximate surface area is 193 Å². The summed E-state index contributed by atoms with van der Waals surface area (Å²) in [7, 11) is 0. The molecular weight excluding hydrogens is 447 g/mol. The van der Waals surface area contributed by atoms with Gasteiger partial charge in [-0.3, -0.25) is 9.59 Å². The molecule has 1 N–H and O–H groups in total. The molecule has 2 heterocycles. The van der Waals surface area contributed by atoms with Crippen LogP contribution in [-0.2, 0) is 24.1 Å². The number of rotatable bonds is 6. The van der Waals surface area contributed by atoms with Gasteiger partial charge in [0.25, 0.3) is 11.7 Å². The van der Waals surface area contributed by atoms with Crippen LogP contribution in [0.4, 0.5) is 13.2 Å². The number of hydrogen-bond acceptors (Lipinski definition) is 4. The Balaban J connectivity index is 1.57. The van der Waals surface area contributed by atoms with E-state index in [1.54, 1.807) is 0 Å². The minimum atomic E-state index is -4.51. The van der Waals surface area contributed by atoms with Gasteiger partial charge in [-0.2, -0.15) is 18.3 Å². The van der Waals surface area contributed by atoms with Gasteiger partial charge in [0.2, 0.25) is 0 Å². The van der Waals surface area contributed by atoms with Crippen LogP contribution < -0.4 is 5.32 Å². The van der Waals surface area contributed by atoms with Gasteiger partial charge < -0.3 is 9.88 Å². The lowest BCUT2D eigenvalue weighted by atomic mass is 10.1. The predicted molar refractivity (Wildman–Crippen MR) is 120 cm³/mol. The molecule has 2 aromatic heterocycles. The third-order valence-electron chi connectivity index (χ3n) is 5.60. The van der Waals surface area contributed by atoms with E-state index in [0.29, 0.717) is 12.4 Å². The zero-order chi connectivity index (χ0) is 24.6. The van der Waals surface area contributed by atoms with E-state index >= 15 is 0 Å². The molecule has 0 aliphatic carbocycles. The minimum Gasteiger partial charge on any atom is -0.342 e. The smallest absolute Gasteiger partial charge is 0.342 e. The van der Waals surface area contributed by atoms with Gasteiger partial charge in [0.05, 0.1) is 45.8 Å². The van der Waals surface area contributed by atoms with Crippen molar-refractivity contribution in [1.82, 2.24) is 24.6 Å². The number of aromatic nitrogens is 4. The number of nitrogens with zero attached hydrogens (tertiary/aromatic N) is 4. The van der Waals surface area contributed by atoms with Crippen LogP contribution in [0.25, 0.3) is 16.7 Å². The number of halogens is 3. The maximum absolute atomic E-state index is 13.1. The van der Waals surface area contributed by atoms with Gasteiger partial charge in [0.15, 0.2) is 0 Å². The number of para-hydroxylation sites is 2. The summed E-state index contributed by atoms with van der Waals surface area (Å²) in [5.41, 5.74) is 1.60. The molecule has 0 bridgehead atoms. The topological polar surface area (TPSA) is 81.8 Å². The van der Waals surface area contributed by atoms with Crippen molar-refractivity contribution in [2.45, 2.75) is 40.0 Å². The Morgan fingerprint density at radius 3 is 2.50 bits per heavy atom. The molecule has 0 unspecified atom stereocenters. The van der Waals surface area contributed by atoms with E-state index in [4.69, 9.17) is 0 Å². The molecule has 0 saturated carbocycles. The SMILES string of the molecule is CCn1c(CNC(=O)C(=O)c2c(C)nn(-c3cccc(C(F)(F)F)c3)c2C)nc2ccccc21. The summed E-state index contributed by atoms with van der Waals surface area (Å²) in [5.74, 6) is -1.05. The standard InChI is InChI=1S/C24H22F3N5O2/c1-4-31-19-11-6-5-10-18(19)29-20(31)13-28-23(34)22(33)21-14(2)30-32(15(21)3)17-9-7-8-16(12-17)24(25,26)27/h5-12H,4,13H2,1-3H3,(H,28,34). The molecule has 0 aliphatic heterocycles. The molecule has 0 atom stereocenters. The number of nitrogens with one attached hydrogen (secondary N) is 1. The van der Waals surface area contributed by atoms with Gasteiger partial charge in [0, 0.05) is 6.54 Å². The summed E-state index contributed by atoms with van der Waals surface area (Å²) < 4.78 is 42.5. The summed E-state index contributed by atoms with van der Waals surface area (Å²) in [4.78, 5) is 30.1. The summed E-state index contributed by atoms with van der Waals surface area (Å²) in [6, 6.07) is 12.2. The number of alkyl halides is 3. The van der Waals surface area contributed by atoms with Crippen molar-refractivity contribution < 1.29 is 22.8 Å². The molecule has 1 amide bonds. The fourth-order valence-electron chi connectivity index (χ4n) is 4.00. The number of amides is 1. The number of benzene rings is 2. The number of fused-ring (bicyclic) bond motifs is 1. The number of carbonyl (C=O) groups is 2. The lowest BCUT2D eigenvalue weighted by Crippen LogP contribution is -2.32. The van der Waals surface area contributed by atoms with Gasteiger partial charge >= 0.3 is 6.18 Å². The largest absolute Gasteiger partial charge is 0.416 e. The molecule has 4 rings (SSSR count). The third kappa shape index (κ3) is 4.18. The Hall–Kier alpha value is -3.95. The first-order valence-electron chi connectivity index (χ1n) is 10.6. The average Bonchev–Trinajstić information content (AvgIpc) is 3.32. The van der Waals surface area contributed by atoms with Crippen molar-refractivity contribution in [3.8, 4) is 5.69 Å². The molecule has 0 spiro atoms. The second-order valence-electron chi connectivity index (χ2n) is 7.78. The molecule has 0 radical (unpaired) electrons. The molecular formula is C24H22F3N5O2. The molecule has 0 aliphatic rings. The minimum absolute atomic E-state index is 0.0486. The van der Waals surface area contributed by atoms with Crippen molar-refractivity contribution in [2.24, 2.45) is 0 Å². The highest BCUT2D eigenvalue weighted by Crippen LogP contribution is 2.31. The van der Waals surface area contributed by atoms with Crippen LogP contribution >= 0.6 is 0 Å². The van der Waals surface area contributed by atoms with Crippen LogP contribution in [0.3, 0.4) is 0 Å². The maximum Gasteiger partial charge on any atom is 0.416 e. The normalized spacial score (nSPS) is 11.7. The van der Waals surface area contributed by atoms with E-state index in [2.05, 4.69) is 15.4 Å². The first kappa shape index (κ1) is 23.2. The van der Waals surface area contributed by atoms with Crippen LogP contribution in [0.1, 0.15) is 40.1 Å². The van der Waals surface area contributed by atoms with E-state index in [1.807, 2.05) is 35.8 Å². The number of imidazole rings is 1. The second kappa shape index (κ2) is 8.77. The zero-order valence-corrected chi connectivity index (χ0v) is 18.8. The maximum atomic E-state index is 13.1. The highest BCUT2D eigenvalue weighted by Gasteiger charge is 2.31. The van der Waals surface area contributed by atoms with Crippen LogP contribution in [0.5, 0.6) is 0 Å². The Bertz CT molecular complexity index is 1400. The van der Waals surface area contributed by atoms with Crippen molar-refractivity contribution in [3.63, 3.8) is 0 Å². The molecule has 7 nitrogen and oxygen atoms in total. The van der Waals surface area contributed by atoms with Crippen LogP contribution in [-0.4, -0.2) is 31.0 Å². The Kier molecular flexibility index (Phi) is 5.99. The average molecular weight is 469 g/mol. The molecule has 0 saturated heterocycles. The number of Topliss-reactive ketones (excluding diaryl/α,β-unsaturated/α-hetero) is 1. The Morgan fingerprint density at radius 2 is 1.79 bits per heavy atom. The van der Waals surface area contributed by atoms with Crippen molar-refractivity contribution in [3.05, 3.63) is 76.9 Å². The quantitative estimate of drug-likeness (QED) is 0.336. The molecule has 4 aromatic rings. The van der Waals surface area contributed by atoms with Crippen molar-refractivity contribution in [1.29, 1.82) is 0 Å². The Morgan fingerprint density at radius 1 is 1.06 bits per heavy atom. The number of carbonyl (C=O) groups excluding carboxylic acids is 2. The predicted octanol–water partition coefficient (Wildman–Crippen LogP) is 4.38. The zero-order valence-electron chi connectivity index (χ0n) is 18.8. The summed E-state index contributed by atoms with van der Waals surface area (Å²) in [6.45, 7) is 5.72. The highest BCUT2D eigenvalue weighted by atomic mass is 19.4. The lowest BCUT2D eigenvalue weighted by molar-refractivity contribution is -0.137. The highest BCUT2D eigenvalue weighted by molar-refractivity contribution is 6.43. The molecule has 2 aromatic carbocycles. The fourth-order valence-corrected chi connectivity index (χ4v) is 4.00. The second-order valence-corrected chi connectivity index (χ2v) is 7.78. The van der Waals surface area contributed by atoms with E-state index in [1.165, 1.54) is 30.7 Å². The third-order valence-corrected chi connectivity index (χ3v) is 5.60. The van der Waals surface area contributed by atoms with E-state index in [0.717, 1.165) is 23.2 Å². The van der Waals surface area contributed by atoms with E-state index in [9.17, 15) is 22.8 Å². The van der Waals surface area contributed by atoms with Crippen molar-refractivity contribution in [2.75, 3.05) is 0 Å². The van der Waals surface area contributed by atoms with Crippen LogP contribution in [0.2, 0.25) is 0 Å². The molecule has 176 valence electrons. The number of aryl methyl sites for hydroxylation is 2. The van der Waals surface area contributed by atoms with Crippen molar-refractivity contribution >= 4 is 22.7 Å². The van der Waals surface area contributed by atoms with E-state index < -0.39 is 23.4 Å². The summed E-state index contributed by atoms with van der Waals surface area (Å²) in [5, 5.41) is 6.82. The molecule has 34 heavy (non-hydrogen) atoms. The lowest BCUT2D eigenvalue weighted by Gasteiger charge is -2.10. The van der Waals surface area contributed by atoms with Crippen LogP contribution in [0.15, 0.2) is 48.5 Å². The fraction of sp³-hybridized carbons (Fsp3) is 0.250. The number of ketones is 1. The van der Waals surface area contributed by atoms with Crippen LogP contribution in [0, 0.1) is 13.8 Å². The summed E-state index contributed by atoms with van der Waals surface area (Å²) in [6.07, 6.45) is -4.51. The van der Waals surface area contributed by atoms with Gasteiger partial charge in [-0.1, -0.05) is 18.2 Å².